The lowest BCUT2D eigenvalue weighted by Crippen LogP contribution is -2.14. The third-order valence-electron chi connectivity index (χ3n) is 2.99. The van der Waals surface area contributed by atoms with Crippen LogP contribution in [0.1, 0.15) is 22.8 Å². The average molecular weight is 357 g/mol. The summed E-state index contributed by atoms with van der Waals surface area (Å²) in [5, 5.41) is 4.83. The number of amides is 2. The Balaban J connectivity index is 2.25. The molecule has 0 bridgehead atoms. The highest BCUT2D eigenvalue weighted by molar-refractivity contribution is 6.34. The van der Waals surface area contributed by atoms with Gasteiger partial charge in [-0.15, -0.1) is 0 Å². The molecule has 0 heterocycles. The van der Waals surface area contributed by atoms with Gasteiger partial charge in [0.05, 0.1) is 16.3 Å². The van der Waals surface area contributed by atoms with E-state index in [1.165, 1.54) is 25.1 Å². The second kappa shape index (κ2) is 6.92. The Bertz CT molecular complexity index is 791. The van der Waals surface area contributed by atoms with Crippen molar-refractivity contribution < 1.29 is 22.8 Å². The van der Waals surface area contributed by atoms with Crippen molar-refractivity contribution in [2.75, 3.05) is 10.6 Å². The van der Waals surface area contributed by atoms with E-state index in [0.29, 0.717) is 5.69 Å². The predicted octanol–water partition coefficient (Wildman–Crippen LogP) is 4.57. The lowest BCUT2D eigenvalue weighted by Gasteiger charge is -2.12. The lowest BCUT2D eigenvalue weighted by molar-refractivity contribution is -0.137. The number of benzene rings is 2. The number of alkyl halides is 3. The van der Waals surface area contributed by atoms with Crippen LogP contribution in [0.5, 0.6) is 0 Å². The number of hydrogen-bond donors (Lipinski definition) is 2. The van der Waals surface area contributed by atoms with Gasteiger partial charge in [-0.3, -0.25) is 9.59 Å². The Labute approximate surface area is 140 Å². The summed E-state index contributed by atoms with van der Waals surface area (Å²) in [5.74, 6) is -0.961. The minimum Gasteiger partial charge on any atom is -0.326 e. The van der Waals surface area contributed by atoms with Crippen LogP contribution in [0.25, 0.3) is 0 Å². The molecule has 0 atom stereocenters. The van der Waals surface area contributed by atoms with E-state index in [0.717, 1.165) is 18.2 Å². The molecule has 0 radical (unpaired) electrons. The van der Waals surface area contributed by atoms with Gasteiger partial charge in [0.2, 0.25) is 5.91 Å². The Morgan fingerprint density at radius 3 is 2.38 bits per heavy atom. The highest BCUT2D eigenvalue weighted by Gasteiger charge is 2.31. The average Bonchev–Trinajstić information content (AvgIpc) is 2.48. The van der Waals surface area contributed by atoms with Crippen molar-refractivity contribution in [2.24, 2.45) is 0 Å². The van der Waals surface area contributed by atoms with Crippen LogP contribution in [0, 0.1) is 0 Å². The predicted molar refractivity (Wildman–Crippen MR) is 85.2 cm³/mol. The van der Waals surface area contributed by atoms with Crippen molar-refractivity contribution >= 4 is 34.8 Å². The maximum Gasteiger partial charge on any atom is 0.416 e. The van der Waals surface area contributed by atoms with Gasteiger partial charge in [-0.05, 0) is 36.4 Å². The highest BCUT2D eigenvalue weighted by atomic mass is 35.5. The number of hydrogen-bond acceptors (Lipinski definition) is 2. The van der Waals surface area contributed by atoms with Gasteiger partial charge in [-0.2, -0.15) is 13.2 Å². The zero-order chi connectivity index (χ0) is 17.9. The molecule has 126 valence electrons. The van der Waals surface area contributed by atoms with E-state index < -0.39 is 17.6 Å². The van der Waals surface area contributed by atoms with Crippen molar-refractivity contribution in [2.45, 2.75) is 13.1 Å². The van der Waals surface area contributed by atoms with E-state index in [9.17, 15) is 22.8 Å². The van der Waals surface area contributed by atoms with Crippen LogP contribution in [0.3, 0.4) is 0 Å². The zero-order valence-corrected chi connectivity index (χ0v) is 13.1. The molecule has 4 nitrogen and oxygen atoms in total. The molecule has 2 rings (SSSR count). The molecule has 0 unspecified atom stereocenters. The second-order valence-corrected chi connectivity index (χ2v) is 5.32. The quantitative estimate of drug-likeness (QED) is 0.846. The topological polar surface area (TPSA) is 58.2 Å². The molecule has 0 saturated carbocycles. The summed E-state index contributed by atoms with van der Waals surface area (Å²) in [6.45, 7) is 1.31. The fraction of sp³-hybridized carbons (Fsp3) is 0.125. The van der Waals surface area contributed by atoms with E-state index in [4.69, 9.17) is 11.6 Å². The Morgan fingerprint density at radius 1 is 1.04 bits per heavy atom. The van der Waals surface area contributed by atoms with Crippen molar-refractivity contribution in [3.05, 3.63) is 58.6 Å². The van der Waals surface area contributed by atoms with Crippen molar-refractivity contribution in [3.63, 3.8) is 0 Å². The number of rotatable bonds is 3. The molecule has 2 aromatic rings. The number of carbonyl (C=O) groups excluding carboxylic acids is 2. The van der Waals surface area contributed by atoms with E-state index in [-0.39, 0.29) is 22.2 Å². The van der Waals surface area contributed by atoms with E-state index >= 15 is 0 Å². The summed E-state index contributed by atoms with van der Waals surface area (Å²) in [4.78, 5) is 23.2. The smallest absolute Gasteiger partial charge is 0.326 e. The Hall–Kier alpha value is -2.54. The maximum absolute atomic E-state index is 12.7. The van der Waals surface area contributed by atoms with Crippen LogP contribution >= 0.6 is 11.6 Å². The first-order chi connectivity index (χ1) is 11.2. The molecular weight excluding hydrogens is 345 g/mol. The Morgan fingerprint density at radius 2 is 1.75 bits per heavy atom. The highest BCUT2D eigenvalue weighted by Crippen LogP contribution is 2.34. The van der Waals surface area contributed by atoms with Gasteiger partial charge in [0.15, 0.2) is 0 Å². The molecule has 0 fully saturated rings. The summed E-state index contributed by atoms with van der Waals surface area (Å²) >= 11 is 5.84. The van der Waals surface area contributed by atoms with E-state index in [2.05, 4.69) is 10.6 Å². The Kier molecular flexibility index (Phi) is 5.14. The third-order valence-corrected chi connectivity index (χ3v) is 3.32. The van der Waals surface area contributed by atoms with Crippen LogP contribution in [0.15, 0.2) is 42.5 Å². The van der Waals surface area contributed by atoms with Crippen molar-refractivity contribution in [1.82, 2.24) is 0 Å². The van der Waals surface area contributed by atoms with Gasteiger partial charge in [-0.1, -0.05) is 17.7 Å². The van der Waals surface area contributed by atoms with Gasteiger partial charge in [0, 0.05) is 18.2 Å². The first kappa shape index (κ1) is 17.8. The summed E-state index contributed by atoms with van der Waals surface area (Å²) in [6, 6.07) is 8.63. The molecular formula is C16H12ClF3N2O2. The van der Waals surface area contributed by atoms with E-state index in [1.54, 1.807) is 6.07 Å². The third kappa shape index (κ3) is 4.48. The van der Waals surface area contributed by atoms with Crippen LogP contribution in [-0.4, -0.2) is 11.8 Å². The normalized spacial score (nSPS) is 11.0. The summed E-state index contributed by atoms with van der Waals surface area (Å²) in [6.07, 6.45) is -4.55. The minimum absolute atomic E-state index is 0.0191. The molecule has 0 aromatic heterocycles. The molecule has 8 heteroatoms. The zero-order valence-electron chi connectivity index (χ0n) is 12.4. The molecule has 2 aromatic carbocycles. The van der Waals surface area contributed by atoms with Gasteiger partial charge in [0.25, 0.3) is 5.91 Å². The lowest BCUT2D eigenvalue weighted by atomic mass is 10.1. The summed E-state index contributed by atoms with van der Waals surface area (Å²) in [5.41, 5.74) is -0.518. The molecule has 0 saturated heterocycles. The second-order valence-electron chi connectivity index (χ2n) is 4.91. The van der Waals surface area contributed by atoms with Gasteiger partial charge >= 0.3 is 6.18 Å². The number of anilines is 2. The minimum atomic E-state index is -4.55. The molecule has 24 heavy (non-hydrogen) atoms. The van der Waals surface area contributed by atoms with Gasteiger partial charge < -0.3 is 10.6 Å². The molecule has 2 N–H and O–H groups in total. The van der Waals surface area contributed by atoms with Gasteiger partial charge in [-0.25, -0.2) is 0 Å². The largest absolute Gasteiger partial charge is 0.416 e. The van der Waals surface area contributed by atoms with E-state index in [1.807, 2.05) is 0 Å². The monoisotopic (exact) mass is 356 g/mol. The maximum atomic E-state index is 12.7. The van der Waals surface area contributed by atoms with Crippen molar-refractivity contribution in [3.8, 4) is 0 Å². The molecule has 2 amide bonds. The summed E-state index contributed by atoms with van der Waals surface area (Å²) in [7, 11) is 0. The number of halogens is 4. The van der Waals surface area contributed by atoms with Crippen molar-refractivity contribution in [1.29, 1.82) is 0 Å². The fourth-order valence-corrected chi connectivity index (χ4v) is 2.10. The SMILES string of the molecule is CC(=O)Nc1cccc(C(=O)Nc2cc(C(F)(F)F)ccc2Cl)c1. The van der Waals surface area contributed by atoms with Crippen LogP contribution in [0.2, 0.25) is 5.02 Å². The number of carbonyl (C=O) groups is 2. The van der Waals surface area contributed by atoms with Gasteiger partial charge in [0.1, 0.15) is 0 Å². The molecule has 0 spiro atoms. The fourth-order valence-electron chi connectivity index (χ4n) is 1.93. The molecule has 0 aliphatic rings. The van der Waals surface area contributed by atoms with Crippen LogP contribution in [-0.2, 0) is 11.0 Å². The van der Waals surface area contributed by atoms with Crippen LogP contribution in [0.4, 0.5) is 24.5 Å². The first-order valence-electron chi connectivity index (χ1n) is 6.72. The van der Waals surface area contributed by atoms with Crippen LogP contribution < -0.4 is 10.6 Å². The molecule has 0 aliphatic carbocycles. The number of nitrogens with one attached hydrogen (secondary N) is 2. The standard InChI is InChI=1S/C16H12ClF3N2O2/c1-9(23)21-12-4-2-3-10(7-12)15(24)22-14-8-11(16(18,19)20)5-6-13(14)17/h2-8H,1H3,(H,21,23)(H,22,24). The summed E-state index contributed by atoms with van der Waals surface area (Å²) < 4.78 is 38.2. The first-order valence-corrected chi connectivity index (χ1v) is 7.10. The molecule has 0 aliphatic heterocycles.